The van der Waals surface area contributed by atoms with E-state index in [4.69, 9.17) is 0 Å². The second-order valence-electron chi connectivity index (χ2n) is 4.09. The number of nitrogens with zero attached hydrogens (tertiary/aromatic N) is 1. The maximum Gasteiger partial charge on any atom is 0.183 e. The van der Waals surface area contributed by atoms with E-state index in [2.05, 4.69) is 46.9 Å². The van der Waals surface area contributed by atoms with Gasteiger partial charge in [-0.2, -0.15) is 0 Å². The molecule has 0 unspecified atom stereocenters. The summed E-state index contributed by atoms with van der Waals surface area (Å²) in [5.41, 5.74) is 2.50. The summed E-state index contributed by atoms with van der Waals surface area (Å²) in [4.78, 5) is 4.57. The van der Waals surface area contributed by atoms with Crippen LogP contribution in [0.3, 0.4) is 0 Å². The van der Waals surface area contributed by atoms with Gasteiger partial charge in [-0.05, 0) is 18.4 Å². The fraction of sp³-hybridized carbons (Fsp3) is 0.357. The Kier molecular flexibility index (Phi) is 4.56. The van der Waals surface area contributed by atoms with Crippen molar-refractivity contribution in [2.45, 2.75) is 32.7 Å². The zero-order chi connectivity index (χ0) is 11.9. The normalized spacial score (nSPS) is 10.4. The summed E-state index contributed by atoms with van der Waals surface area (Å²) in [6, 6.07) is 10.4. The van der Waals surface area contributed by atoms with Gasteiger partial charge in [-0.3, -0.25) is 0 Å². The smallest absolute Gasteiger partial charge is 0.183 e. The average molecular weight is 246 g/mol. The van der Waals surface area contributed by atoms with Crippen LogP contribution >= 0.6 is 11.3 Å². The molecular weight excluding hydrogens is 228 g/mol. The summed E-state index contributed by atoms with van der Waals surface area (Å²) in [5, 5.41) is 6.55. The van der Waals surface area contributed by atoms with E-state index < -0.39 is 0 Å². The lowest BCUT2D eigenvalue weighted by Crippen LogP contribution is -1.98. The number of rotatable bonds is 6. The minimum atomic E-state index is 0.849. The molecule has 0 spiro atoms. The Morgan fingerprint density at radius 3 is 2.82 bits per heavy atom. The van der Waals surface area contributed by atoms with Crippen LogP contribution in [0.2, 0.25) is 0 Å². The van der Waals surface area contributed by atoms with E-state index in [-0.39, 0.29) is 0 Å². The Morgan fingerprint density at radius 1 is 1.24 bits per heavy atom. The molecule has 1 heterocycles. The fourth-order valence-corrected chi connectivity index (χ4v) is 2.38. The number of aryl methyl sites for hydroxylation is 1. The van der Waals surface area contributed by atoms with E-state index in [1.165, 1.54) is 24.1 Å². The first-order chi connectivity index (χ1) is 8.38. The van der Waals surface area contributed by atoms with Gasteiger partial charge < -0.3 is 5.32 Å². The van der Waals surface area contributed by atoms with E-state index in [9.17, 15) is 0 Å². The molecule has 2 rings (SSSR count). The third-order valence-corrected chi connectivity index (χ3v) is 3.47. The lowest BCUT2D eigenvalue weighted by molar-refractivity contribution is 0.781. The van der Waals surface area contributed by atoms with Gasteiger partial charge in [0.15, 0.2) is 5.13 Å². The second-order valence-corrected chi connectivity index (χ2v) is 4.94. The lowest BCUT2D eigenvalue weighted by atomic mass is 10.2. The molecule has 2 nitrogen and oxygen atoms in total. The van der Waals surface area contributed by atoms with E-state index in [1.807, 2.05) is 6.07 Å². The molecule has 0 atom stereocenters. The summed E-state index contributed by atoms with van der Waals surface area (Å²) in [6.45, 7) is 3.06. The predicted octanol–water partition coefficient (Wildman–Crippen LogP) is 4.10. The molecule has 0 bridgehead atoms. The van der Waals surface area contributed by atoms with E-state index in [1.54, 1.807) is 11.3 Å². The van der Waals surface area contributed by atoms with Crippen molar-refractivity contribution in [2.24, 2.45) is 0 Å². The van der Waals surface area contributed by atoms with Gasteiger partial charge in [-0.25, -0.2) is 4.98 Å². The Bertz CT molecular complexity index is 436. The van der Waals surface area contributed by atoms with Crippen LogP contribution < -0.4 is 5.32 Å². The number of nitrogens with one attached hydrogen (secondary N) is 1. The van der Waals surface area contributed by atoms with Gasteiger partial charge >= 0.3 is 0 Å². The topological polar surface area (TPSA) is 24.9 Å². The number of thiazole rings is 1. The molecule has 0 radical (unpaired) electrons. The minimum absolute atomic E-state index is 0.849. The van der Waals surface area contributed by atoms with Gasteiger partial charge in [-0.15, -0.1) is 11.3 Å². The van der Waals surface area contributed by atoms with Crippen molar-refractivity contribution < 1.29 is 0 Å². The zero-order valence-corrected chi connectivity index (χ0v) is 11.0. The molecule has 17 heavy (non-hydrogen) atoms. The highest BCUT2D eigenvalue weighted by Gasteiger charge is 2.01. The van der Waals surface area contributed by atoms with Crippen molar-refractivity contribution in [3.63, 3.8) is 0 Å². The summed E-state index contributed by atoms with van der Waals surface area (Å²) >= 11 is 1.70. The molecule has 0 saturated carbocycles. The molecule has 1 N–H and O–H groups in total. The van der Waals surface area contributed by atoms with Gasteiger partial charge in [0.1, 0.15) is 0 Å². The maximum absolute atomic E-state index is 4.57. The van der Waals surface area contributed by atoms with Crippen molar-refractivity contribution in [1.29, 1.82) is 0 Å². The molecule has 2 aromatic rings. The highest BCUT2D eigenvalue weighted by Crippen LogP contribution is 2.17. The molecule has 90 valence electrons. The largest absolute Gasteiger partial charge is 0.357 e. The molecule has 3 heteroatoms. The Morgan fingerprint density at radius 2 is 2.06 bits per heavy atom. The van der Waals surface area contributed by atoms with Gasteiger partial charge in [0.05, 0.1) is 5.69 Å². The molecule has 0 amide bonds. The standard InChI is InChI=1S/C14H18N2S/c1-2-3-9-13-11-17-14(16-13)15-10-12-7-5-4-6-8-12/h4-8,11H,2-3,9-10H2,1H3,(H,15,16). The maximum atomic E-state index is 4.57. The Hall–Kier alpha value is -1.35. The molecule has 0 fully saturated rings. The molecule has 0 aliphatic carbocycles. The Balaban J connectivity index is 1.85. The lowest BCUT2D eigenvalue weighted by Gasteiger charge is -2.01. The first-order valence-electron chi connectivity index (χ1n) is 6.10. The molecule has 1 aromatic carbocycles. The van der Waals surface area contributed by atoms with Crippen molar-refractivity contribution in [1.82, 2.24) is 4.98 Å². The Labute approximate surface area is 107 Å². The summed E-state index contributed by atoms with van der Waals surface area (Å²) in [7, 11) is 0. The minimum Gasteiger partial charge on any atom is -0.357 e. The third-order valence-electron chi connectivity index (χ3n) is 2.62. The van der Waals surface area contributed by atoms with E-state index in [0.29, 0.717) is 0 Å². The number of benzene rings is 1. The second kappa shape index (κ2) is 6.40. The third kappa shape index (κ3) is 3.86. The quantitative estimate of drug-likeness (QED) is 0.830. The van der Waals surface area contributed by atoms with Crippen LogP contribution in [0.1, 0.15) is 31.0 Å². The van der Waals surface area contributed by atoms with E-state index >= 15 is 0 Å². The fourth-order valence-electron chi connectivity index (χ4n) is 1.63. The number of unbranched alkanes of at least 4 members (excludes halogenated alkanes) is 1. The SMILES string of the molecule is CCCCc1csc(NCc2ccccc2)n1. The van der Waals surface area contributed by atoms with Crippen molar-refractivity contribution in [3.05, 3.63) is 47.0 Å². The van der Waals surface area contributed by atoms with Gasteiger partial charge in [0.25, 0.3) is 0 Å². The number of aromatic nitrogens is 1. The summed E-state index contributed by atoms with van der Waals surface area (Å²) in [6.07, 6.45) is 3.55. The highest BCUT2D eigenvalue weighted by atomic mass is 32.1. The van der Waals surface area contributed by atoms with Gasteiger partial charge in [0.2, 0.25) is 0 Å². The summed E-state index contributed by atoms with van der Waals surface area (Å²) < 4.78 is 0. The average Bonchev–Trinajstić information content (AvgIpc) is 2.83. The summed E-state index contributed by atoms with van der Waals surface area (Å²) in [5.74, 6) is 0. The van der Waals surface area contributed by atoms with Crippen molar-refractivity contribution >= 4 is 16.5 Å². The number of hydrogen-bond donors (Lipinski definition) is 1. The molecule has 1 aromatic heterocycles. The first kappa shape index (κ1) is 12.1. The van der Waals surface area contributed by atoms with Gasteiger partial charge in [-0.1, -0.05) is 43.7 Å². The predicted molar refractivity (Wildman–Crippen MR) is 74.5 cm³/mol. The number of hydrogen-bond acceptors (Lipinski definition) is 3. The molecular formula is C14H18N2S. The van der Waals surface area contributed by atoms with Crippen LogP contribution in [0.15, 0.2) is 35.7 Å². The first-order valence-corrected chi connectivity index (χ1v) is 6.98. The van der Waals surface area contributed by atoms with Crippen LogP contribution in [0.4, 0.5) is 5.13 Å². The van der Waals surface area contributed by atoms with Crippen molar-refractivity contribution in [2.75, 3.05) is 5.32 Å². The number of anilines is 1. The molecule has 0 aliphatic heterocycles. The van der Waals surface area contributed by atoms with Crippen LogP contribution in [0.5, 0.6) is 0 Å². The van der Waals surface area contributed by atoms with Crippen LogP contribution in [0.25, 0.3) is 0 Å². The zero-order valence-electron chi connectivity index (χ0n) is 10.1. The molecule has 0 saturated heterocycles. The van der Waals surface area contributed by atoms with Crippen LogP contribution in [0, 0.1) is 0 Å². The van der Waals surface area contributed by atoms with Crippen LogP contribution in [-0.2, 0) is 13.0 Å². The van der Waals surface area contributed by atoms with E-state index in [0.717, 1.165) is 18.1 Å². The monoisotopic (exact) mass is 246 g/mol. The molecule has 0 aliphatic rings. The highest BCUT2D eigenvalue weighted by molar-refractivity contribution is 7.13. The van der Waals surface area contributed by atoms with Crippen molar-refractivity contribution in [3.8, 4) is 0 Å². The van der Waals surface area contributed by atoms with Crippen LogP contribution in [-0.4, -0.2) is 4.98 Å². The van der Waals surface area contributed by atoms with Gasteiger partial charge in [0, 0.05) is 11.9 Å².